The first-order chi connectivity index (χ1) is 11.7. The first kappa shape index (κ1) is 16.5. The zero-order valence-electron chi connectivity index (χ0n) is 13.9. The zero-order valence-corrected chi connectivity index (χ0v) is 13.9. The van der Waals surface area contributed by atoms with E-state index in [0.717, 1.165) is 25.1 Å². The highest BCUT2D eigenvalue weighted by Crippen LogP contribution is 2.26. The van der Waals surface area contributed by atoms with Crippen LogP contribution in [0.15, 0.2) is 43.0 Å². The Hall–Kier alpha value is -2.34. The third-order valence-electron chi connectivity index (χ3n) is 4.31. The van der Waals surface area contributed by atoms with Gasteiger partial charge in [0.1, 0.15) is 12.4 Å². The van der Waals surface area contributed by atoms with Gasteiger partial charge in [0.05, 0.1) is 18.6 Å². The van der Waals surface area contributed by atoms with E-state index in [2.05, 4.69) is 22.5 Å². The van der Waals surface area contributed by atoms with E-state index in [1.807, 2.05) is 35.0 Å². The van der Waals surface area contributed by atoms with Gasteiger partial charge in [-0.3, -0.25) is 4.79 Å². The molecule has 1 amide bonds. The van der Waals surface area contributed by atoms with Crippen molar-refractivity contribution in [3.63, 3.8) is 0 Å². The molecular weight excluding hydrogens is 304 g/mol. The number of imidazole rings is 1. The molecule has 0 radical (unpaired) electrons. The van der Waals surface area contributed by atoms with Crippen molar-refractivity contribution in [2.45, 2.75) is 32.4 Å². The number of nitrogens with one attached hydrogen (secondary N) is 2. The van der Waals surface area contributed by atoms with Gasteiger partial charge in [0.2, 0.25) is 5.91 Å². The number of carbonyl (C=O) groups excluding carboxylic acids is 1. The van der Waals surface area contributed by atoms with E-state index in [4.69, 9.17) is 4.74 Å². The number of carbonyl (C=O) groups is 1. The molecule has 2 atom stereocenters. The molecule has 6 nitrogen and oxygen atoms in total. The minimum Gasteiger partial charge on any atom is -0.490 e. The molecule has 1 aliphatic rings. The van der Waals surface area contributed by atoms with Crippen LogP contribution in [0.2, 0.25) is 0 Å². The number of para-hydroxylation sites is 2. The highest BCUT2D eigenvalue weighted by molar-refractivity contribution is 5.94. The van der Waals surface area contributed by atoms with Gasteiger partial charge in [0, 0.05) is 24.4 Å². The fourth-order valence-electron chi connectivity index (χ4n) is 2.98. The Labute approximate surface area is 142 Å². The highest BCUT2D eigenvalue weighted by atomic mass is 16.5. The van der Waals surface area contributed by atoms with Crippen LogP contribution in [-0.4, -0.2) is 34.7 Å². The number of nitrogens with zero attached hydrogens (tertiary/aromatic N) is 2. The van der Waals surface area contributed by atoms with Crippen LogP contribution in [-0.2, 0) is 11.3 Å². The van der Waals surface area contributed by atoms with Crippen molar-refractivity contribution in [2.24, 2.45) is 5.92 Å². The summed E-state index contributed by atoms with van der Waals surface area (Å²) in [5.74, 6) is 0.835. The van der Waals surface area contributed by atoms with Gasteiger partial charge in [0.15, 0.2) is 0 Å². The number of amides is 1. The third-order valence-corrected chi connectivity index (χ3v) is 4.31. The number of benzene rings is 1. The molecule has 3 rings (SSSR count). The lowest BCUT2D eigenvalue weighted by atomic mass is 9.92. The van der Waals surface area contributed by atoms with Gasteiger partial charge in [-0.05, 0) is 38.4 Å². The van der Waals surface area contributed by atoms with Crippen LogP contribution in [0.1, 0.15) is 19.8 Å². The van der Waals surface area contributed by atoms with Crippen LogP contribution < -0.4 is 15.4 Å². The predicted molar refractivity (Wildman–Crippen MR) is 93.0 cm³/mol. The van der Waals surface area contributed by atoms with Crippen molar-refractivity contribution in [1.82, 2.24) is 14.9 Å². The SMILES string of the molecule is C[C@H]1C[C@@H](C(=O)Nc2ccccc2OCCn2ccnc2)CCN1. The van der Waals surface area contributed by atoms with Crippen molar-refractivity contribution in [2.75, 3.05) is 18.5 Å². The third kappa shape index (κ3) is 4.35. The number of rotatable bonds is 6. The summed E-state index contributed by atoms with van der Waals surface area (Å²) < 4.78 is 7.80. The Kier molecular flexibility index (Phi) is 5.48. The van der Waals surface area contributed by atoms with Crippen molar-refractivity contribution in [3.05, 3.63) is 43.0 Å². The van der Waals surface area contributed by atoms with E-state index in [9.17, 15) is 4.79 Å². The van der Waals surface area contributed by atoms with Gasteiger partial charge in [-0.2, -0.15) is 0 Å². The van der Waals surface area contributed by atoms with Gasteiger partial charge in [0.25, 0.3) is 0 Å². The van der Waals surface area contributed by atoms with E-state index in [1.165, 1.54) is 0 Å². The minimum atomic E-state index is 0.0558. The zero-order chi connectivity index (χ0) is 16.8. The first-order valence-electron chi connectivity index (χ1n) is 8.44. The second-order valence-electron chi connectivity index (χ2n) is 6.21. The summed E-state index contributed by atoms with van der Waals surface area (Å²) in [4.78, 5) is 16.5. The summed E-state index contributed by atoms with van der Waals surface area (Å²) >= 11 is 0. The van der Waals surface area contributed by atoms with Crippen molar-refractivity contribution >= 4 is 11.6 Å². The second kappa shape index (κ2) is 7.97. The molecule has 1 saturated heterocycles. The van der Waals surface area contributed by atoms with Crippen molar-refractivity contribution in [3.8, 4) is 5.75 Å². The molecule has 0 bridgehead atoms. The summed E-state index contributed by atoms with van der Waals surface area (Å²) in [6.45, 7) is 4.25. The topological polar surface area (TPSA) is 68.2 Å². The lowest BCUT2D eigenvalue weighted by Gasteiger charge is -2.27. The van der Waals surface area contributed by atoms with E-state index in [0.29, 0.717) is 24.9 Å². The molecule has 0 unspecified atom stereocenters. The standard InChI is InChI=1S/C18H24N4O2/c1-14-12-15(6-7-20-14)18(23)21-16-4-2-3-5-17(16)24-11-10-22-9-8-19-13-22/h2-5,8-9,13-15,20H,6-7,10-12H2,1H3,(H,21,23)/t14-,15-/m0/s1. The van der Waals surface area contributed by atoms with E-state index >= 15 is 0 Å². The Bertz CT molecular complexity index is 657. The molecule has 2 aromatic rings. The Morgan fingerprint density at radius 1 is 1.46 bits per heavy atom. The number of ether oxygens (including phenoxy) is 1. The fraction of sp³-hybridized carbons (Fsp3) is 0.444. The molecule has 1 aromatic carbocycles. The normalized spacial score (nSPS) is 20.5. The number of anilines is 1. The Morgan fingerprint density at radius 2 is 2.33 bits per heavy atom. The van der Waals surface area contributed by atoms with Crippen LogP contribution in [0, 0.1) is 5.92 Å². The molecule has 128 valence electrons. The molecule has 2 heterocycles. The number of piperidine rings is 1. The molecule has 0 aliphatic carbocycles. The highest BCUT2D eigenvalue weighted by Gasteiger charge is 2.25. The first-order valence-corrected chi connectivity index (χ1v) is 8.44. The maximum atomic E-state index is 12.5. The van der Waals surface area contributed by atoms with Crippen molar-refractivity contribution in [1.29, 1.82) is 0 Å². The maximum absolute atomic E-state index is 12.5. The van der Waals surface area contributed by atoms with Crippen LogP contribution in [0.4, 0.5) is 5.69 Å². The Balaban J connectivity index is 1.57. The van der Waals surface area contributed by atoms with Gasteiger partial charge in [-0.1, -0.05) is 12.1 Å². The molecule has 2 N–H and O–H groups in total. The summed E-state index contributed by atoms with van der Waals surface area (Å²) in [6.07, 6.45) is 7.15. The van der Waals surface area contributed by atoms with E-state index < -0.39 is 0 Å². The molecule has 0 spiro atoms. The van der Waals surface area contributed by atoms with Gasteiger partial charge >= 0.3 is 0 Å². The summed E-state index contributed by atoms with van der Waals surface area (Å²) in [5, 5.41) is 6.40. The predicted octanol–water partition coefficient (Wildman–Crippen LogP) is 2.29. The molecule has 1 aromatic heterocycles. The quantitative estimate of drug-likeness (QED) is 0.854. The minimum absolute atomic E-state index is 0.0558. The molecule has 6 heteroatoms. The van der Waals surface area contributed by atoms with Gasteiger partial charge in [-0.25, -0.2) is 4.98 Å². The number of aromatic nitrogens is 2. The molecule has 1 fully saturated rings. The Morgan fingerprint density at radius 3 is 3.12 bits per heavy atom. The lowest BCUT2D eigenvalue weighted by Crippen LogP contribution is -2.40. The average molecular weight is 328 g/mol. The van der Waals surface area contributed by atoms with Crippen molar-refractivity contribution < 1.29 is 9.53 Å². The van der Waals surface area contributed by atoms with Gasteiger partial charge < -0.3 is 19.9 Å². The monoisotopic (exact) mass is 328 g/mol. The summed E-state index contributed by atoms with van der Waals surface area (Å²) in [6, 6.07) is 7.97. The fourth-order valence-corrected chi connectivity index (χ4v) is 2.98. The molecular formula is C18H24N4O2. The molecule has 24 heavy (non-hydrogen) atoms. The summed E-state index contributed by atoms with van der Waals surface area (Å²) in [7, 11) is 0. The van der Waals surface area contributed by atoms with E-state index in [1.54, 1.807) is 12.5 Å². The average Bonchev–Trinajstić information content (AvgIpc) is 3.10. The van der Waals surface area contributed by atoms with Crippen LogP contribution in [0.25, 0.3) is 0 Å². The molecule has 0 saturated carbocycles. The van der Waals surface area contributed by atoms with E-state index in [-0.39, 0.29) is 11.8 Å². The second-order valence-corrected chi connectivity index (χ2v) is 6.21. The number of hydrogen-bond donors (Lipinski definition) is 2. The smallest absolute Gasteiger partial charge is 0.227 e. The lowest BCUT2D eigenvalue weighted by molar-refractivity contribution is -0.120. The summed E-state index contributed by atoms with van der Waals surface area (Å²) in [5.41, 5.74) is 0.735. The van der Waals surface area contributed by atoms with Crippen LogP contribution in [0.3, 0.4) is 0 Å². The van der Waals surface area contributed by atoms with Gasteiger partial charge in [-0.15, -0.1) is 0 Å². The number of hydrogen-bond acceptors (Lipinski definition) is 4. The largest absolute Gasteiger partial charge is 0.490 e. The van der Waals surface area contributed by atoms with Crippen LogP contribution >= 0.6 is 0 Å². The van der Waals surface area contributed by atoms with Crippen LogP contribution in [0.5, 0.6) is 5.75 Å². The maximum Gasteiger partial charge on any atom is 0.227 e. The molecule has 1 aliphatic heterocycles.